The number of phosphoric acid groups is 1. The number of phosphoric ester groups is 1. The second-order valence-electron chi connectivity index (χ2n) is 13.1. The lowest BCUT2D eigenvalue weighted by Gasteiger charge is -2.19. The minimum absolute atomic E-state index is 0.0324. The van der Waals surface area contributed by atoms with Crippen molar-refractivity contribution < 1.29 is 37.6 Å². The smallest absolute Gasteiger partial charge is 0.462 e. The molecule has 0 saturated carbocycles. The van der Waals surface area contributed by atoms with Gasteiger partial charge in [0.05, 0.1) is 13.2 Å². The first-order valence-electron chi connectivity index (χ1n) is 21.0. The molecular formula is C47H74NO8P. The van der Waals surface area contributed by atoms with E-state index in [0.29, 0.717) is 12.8 Å². The van der Waals surface area contributed by atoms with Crippen LogP contribution >= 0.6 is 7.82 Å². The van der Waals surface area contributed by atoms with Crippen molar-refractivity contribution in [3.8, 4) is 0 Å². The van der Waals surface area contributed by atoms with E-state index >= 15 is 0 Å². The normalized spacial score (nSPS) is 14.5. The molecule has 2 unspecified atom stereocenters. The van der Waals surface area contributed by atoms with Crippen molar-refractivity contribution >= 4 is 19.8 Å². The number of hydrogen-bond donors (Lipinski definition) is 2. The summed E-state index contributed by atoms with van der Waals surface area (Å²) >= 11 is 0. The van der Waals surface area contributed by atoms with E-state index in [9.17, 15) is 19.0 Å². The third-order valence-corrected chi connectivity index (χ3v) is 8.83. The van der Waals surface area contributed by atoms with Crippen LogP contribution in [-0.4, -0.2) is 49.3 Å². The maximum Gasteiger partial charge on any atom is 0.472 e. The van der Waals surface area contributed by atoms with Gasteiger partial charge in [0.1, 0.15) is 6.61 Å². The van der Waals surface area contributed by atoms with Gasteiger partial charge >= 0.3 is 19.8 Å². The zero-order valence-corrected chi connectivity index (χ0v) is 35.9. The SMILES string of the molecule is CC/C=C\C/C=C\C/C=C\C/C=C\C/C=C\CCCCCC(=O)OC(COC(=O)CCC/C=C\C/C=C\C/C=C\C/C=C\C/C=C\CC)COP(=O)(O)OCCN. The maximum atomic E-state index is 12.6. The van der Waals surface area contributed by atoms with Crippen LogP contribution in [0.4, 0.5) is 0 Å². The van der Waals surface area contributed by atoms with Gasteiger partial charge in [-0.2, -0.15) is 0 Å². The Morgan fingerprint density at radius 3 is 1.37 bits per heavy atom. The number of nitrogens with two attached hydrogens (primary N) is 1. The van der Waals surface area contributed by atoms with Crippen LogP contribution in [0.3, 0.4) is 0 Å². The number of allylic oxidation sites excluding steroid dienone is 20. The highest BCUT2D eigenvalue weighted by atomic mass is 31.2. The van der Waals surface area contributed by atoms with E-state index in [1.54, 1.807) is 0 Å². The van der Waals surface area contributed by atoms with Gasteiger partial charge < -0.3 is 20.1 Å². The third-order valence-electron chi connectivity index (χ3n) is 7.84. The van der Waals surface area contributed by atoms with Gasteiger partial charge in [0, 0.05) is 19.4 Å². The molecule has 0 amide bonds. The van der Waals surface area contributed by atoms with Crippen LogP contribution in [0.25, 0.3) is 0 Å². The first-order chi connectivity index (χ1) is 27.8. The van der Waals surface area contributed by atoms with Gasteiger partial charge in [-0.15, -0.1) is 0 Å². The van der Waals surface area contributed by atoms with E-state index in [1.807, 2.05) is 6.08 Å². The largest absolute Gasteiger partial charge is 0.472 e. The molecule has 0 heterocycles. The van der Waals surface area contributed by atoms with Crippen LogP contribution in [0.15, 0.2) is 122 Å². The molecule has 0 spiro atoms. The summed E-state index contributed by atoms with van der Waals surface area (Å²) in [5.41, 5.74) is 5.34. The summed E-state index contributed by atoms with van der Waals surface area (Å²) in [6.07, 6.45) is 56.6. The van der Waals surface area contributed by atoms with Crippen LogP contribution in [0.2, 0.25) is 0 Å². The maximum absolute atomic E-state index is 12.6. The summed E-state index contributed by atoms with van der Waals surface area (Å²) in [6, 6.07) is 0. The quantitative estimate of drug-likeness (QED) is 0.0272. The van der Waals surface area contributed by atoms with E-state index in [1.165, 1.54) is 0 Å². The van der Waals surface area contributed by atoms with Crippen molar-refractivity contribution in [1.29, 1.82) is 0 Å². The monoisotopic (exact) mass is 812 g/mol. The Balaban J connectivity index is 4.37. The number of carbonyl (C=O) groups is 2. The Hall–Kier alpha value is -3.59. The van der Waals surface area contributed by atoms with Crippen LogP contribution < -0.4 is 5.73 Å². The molecule has 0 aliphatic carbocycles. The van der Waals surface area contributed by atoms with Crippen molar-refractivity contribution in [2.24, 2.45) is 5.73 Å². The molecule has 0 bridgehead atoms. The second-order valence-corrected chi connectivity index (χ2v) is 14.5. The Bertz CT molecular complexity index is 1340. The lowest BCUT2D eigenvalue weighted by atomic mass is 10.1. The number of ether oxygens (including phenoxy) is 2. The zero-order valence-electron chi connectivity index (χ0n) is 35.0. The topological polar surface area (TPSA) is 134 Å². The molecule has 0 saturated heterocycles. The average Bonchev–Trinajstić information content (AvgIpc) is 3.20. The van der Waals surface area contributed by atoms with Gasteiger partial charge in [-0.05, 0) is 96.3 Å². The van der Waals surface area contributed by atoms with Gasteiger partial charge in [-0.3, -0.25) is 18.6 Å². The van der Waals surface area contributed by atoms with Crippen molar-refractivity contribution in [2.45, 2.75) is 136 Å². The fourth-order valence-electron chi connectivity index (χ4n) is 4.81. The van der Waals surface area contributed by atoms with E-state index in [0.717, 1.165) is 89.9 Å². The first kappa shape index (κ1) is 53.4. The van der Waals surface area contributed by atoms with Crippen molar-refractivity contribution in [2.75, 3.05) is 26.4 Å². The lowest BCUT2D eigenvalue weighted by Crippen LogP contribution is -2.29. The summed E-state index contributed by atoms with van der Waals surface area (Å²) < 4.78 is 32.7. The number of hydrogen-bond acceptors (Lipinski definition) is 8. The minimum Gasteiger partial charge on any atom is -0.462 e. The highest BCUT2D eigenvalue weighted by Crippen LogP contribution is 2.43. The van der Waals surface area contributed by atoms with Crippen LogP contribution in [0.1, 0.15) is 129 Å². The summed E-state index contributed by atoms with van der Waals surface area (Å²) in [5.74, 6) is -0.950. The number of carbonyl (C=O) groups excluding carboxylic acids is 2. The van der Waals surface area contributed by atoms with Crippen LogP contribution in [0, 0.1) is 0 Å². The molecule has 0 fully saturated rings. The van der Waals surface area contributed by atoms with E-state index in [2.05, 4.69) is 129 Å². The lowest BCUT2D eigenvalue weighted by molar-refractivity contribution is -0.161. The van der Waals surface area contributed by atoms with E-state index in [-0.39, 0.29) is 32.6 Å². The summed E-state index contributed by atoms with van der Waals surface area (Å²) in [7, 11) is -4.41. The van der Waals surface area contributed by atoms with Gasteiger partial charge in [0.2, 0.25) is 0 Å². The molecule has 0 aromatic carbocycles. The number of esters is 2. The Labute approximate surface area is 345 Å². The summed E-state index contributed by atoms with van der Waals surface area (Å²) in [6.45, 7) is 3.36. The predicted molar refractivity (Wildman–Crippen MR) is 237 cm³/mol. The molecule has 320 valence electrons. The van der Waals surface area contributed by atoms with Crippen molar-refractivity contribution in [1.82, 2.24) is 0 Å². The second kappa shape index (κ2) is 42.0. The molecule has 0 aromatic rings. The van der Waals surface area contributed by atoms with Crippen LogP contribution in [-0.2, 0) is 32.7 Å². The van der Waals surface area contributed by atoms with Gasteiger partial charge in [0.15, 0.2) is 6.10 Å². The number of rotatable bonds is 37. The van der Waals surface area contributed by atoms with Crippen LogP contribution in [0.5, 0.6) is 0 Å². The van der Waals surface area contributed by atoms with E-state index in [4.69, 9.17) is 24.3 Å². The zero-order chi connectivity index (χ0) is 41.8. The Morgan fingerprint density at radius 1 is 0.526 bits per heavy atom. The van der Waals surface area contributed by atoms with Crippen molar-refractivity contribution in [3.63, 3.8) is 0 Å². The molecule has 2 atom stereocenters. The summed E-state index contributed by atoms with van der Waals surface area (Å²) in [5, 5.41) is 0. The average molecular weight is 812 g/mol. The summed E-state index contributed by atoms with van der Waals surface area (Å²) in [4.78, 5) is 34.8. The molecule has 9 nitrogen and oxygen atoms in total. The molecule has 0 aliphatic rings. The highest BCUT2D eigenvalue weighted by Gasteiger charge is 2.25. The molecule has 3 N–H and O–H groups in total. The van der Waals surface area contributed by atoms with Gasteiger partial charge in [-0.25, -0.2) is 4.57 Å². The fraction of sp³-hybridized carbons (Fsp3) is 0.532. The van der Waals surface area contributed by atoms with E-state index < -0.39 is 32.5 Å². The highest BCUT2D eigenvalue weighted by molar-refractivity contribution is 7.47. The third kappa shape index (κ3) is 41.9. The van der Waals surface area contributed by atoms with Gasteiger partial charge in [-0.1, -0.05) is 142 Å². The Kier molecular flexibility index (Phi) is 39.4. The molecule has 0 radical (unpaired) electrons. The molecule has 0 aliphatic heterocycles. The molecular weight excluding hydrogens is 737 g/mol. The number of unbranched alkanes of at least 4 members (excludes halogenated alkanes) is 4. The minimum atomic E-state index is -4.41. The molecule has 10 heteroatoms. The molecule has 0 aromatic heterocycles. The first-order valence-corrected chi connectivity index (χ1v) is 22.5. The van der Waals surface area contributed by atoms with Gasteiger partial charge in [0.25, 0.3) is 0 Å². The fourth-order valence-corrected chi connectivity index (χ4v) is 5.58. The predicted octanol–water partition coefficient (Wildman–Crippen LogP) is 12.2. The molecule has 0 rings (SSSR count). The Morgan fingerprint density at radius 2 is 0.930 bits per heavy atom. The molecule has 57 heavy (non-hydrogen) atoms. The standard InChI is InChI=1S/C47H74NO8P/c1-3-5-7-9-11-13-15-17-19-21-22-24-26-28-30-32-34-36-38-40-47(50)56-45(44-55-57(51,52)54-42-41-48)43-53-46(49)39-37-35-33-31-29-27-25-23-20-18-16-14-12-10-8-6-4-2/h5-8,11-14,17-20,22,24-25,27-28,30-31,33,45H,3-4,9-10,15-16,21,23,26,29,32,34-44,48H2,1-2H3,(H,51,52)/b7-5-,8-6-,13-11-,14-12-,19-17-,20-18-,24-22-,27-25-,30-28-,33-31-. The van der Waals surface area contributed by atoms with Crippen molar-refractivity contribution in [3.05, 3.63) is 122 Å².